The van der Waals surface area contributed by atoms with Crippen molar-refractivity contribution >= 4 is 89.1 Å². The van der Waals surface area contributed by atoms with Gasteiger partial charge < -0.3 is 45.3 Å². The molecular weight excluding hydrogens is 1720 g/mol. The van der Waals surface area contributed by atoms with E-state index in [1.165, 1.54) is 22.3 Å². The van der Waals surface area contributed by atoms with Crippen LogP contribution in [0.2, 0.25) is 0 Å². The van der Waals surface area contributed by atoms with Gasteiger partial charge in [0.15, 0.2) is 5.78 Å². The van der Waals surface area contributed by atoms with Gasteiger partial charge in [0.25, 0.3) is 23.6 Å². The summed E-state index contributed by atoms with van der Waals surface area (Å²) in [6.07, 6.45) is 10.8. The summed E-state index contributed by atoms with van der Waals surface area (Å²) in [4.78, 5) is 170. The number of halogens is 1. The van der Waals surface area contributed by atoms with Gasteiger partial charge in [0.2, 0.25) is 47.3 Å². The zero-order chi connectivity index (χ0) is 92.9. The number of nitrogens with one attached hydrogen (secondary N) is 5. The van der Waals surface area contributed by atoms with E-state index < -0.39 is 30.8 Å². The predicted octanol–water partition coefficient (Wildman–Crippen LogP) is 9.28. The summed E-state index contributed by atoms with van der Waals surface area (Å²) in [6, 6.07) is 61.2. The number of imide groups is 4. The average molecular weight is 1840 g/mol. The van der Waals surface area contributed by atoms with E-state index in [2.05, 4.69) is 108 Å². The molecule has 30 heteroatoms. The highest BCUT2D eigenvalue weighted by molar-refractivity contribution is 6.09. The second kappa shape index (κ2) is 44.3. The molecule has 9 N–H and O–H groups in total. The Morgan fingerprint density at radius 3 is 0.776 bits per heavy atom. The van der Waals surface area contributed by atoms with Crippen molar-refractivity contribution in [2.45, 2.75) is 195 Å². The second-order valence-corrected chi connectivity index (χ2v) is 36.5. The maximum atomic E-state index is 12.9. The minimum atomic E-state index is -0.581. The highest BCUT2D eigenvalue weighted by atomic mass is 35.5. The first-order valence-corrected chi connectivity index (χ1v) is 46.8. The number of fused-ring (bicyclic) bond motifs is 4. The molecule has 12 aliphatic heterocycles. The number of piperidine rings is 8. The van der Waals surface area contributed by atoms with Gasteiger partial charge in [0.05, 0.1) is 37.9 Å². The van der Waals surface area contributed by atoms with Crippen molar-refractivity contribution in [3.63, 3.8) is 0 Å². The second-order valence-electron chi connectivity index (χ2n) is 36.5. The van der Waals surface area contributed by atoms with Gasteiger partial charge in [0.1, 0.15) is 30.8 Å². The van der Waals surface area contributed by atoms with Gasteiger partial charge in [-0.2, -0.15) is 0 Å². The number of ketones is 1. The lowest BCUT2D eigenvalue weighted by Gasteiger charge is -2.37. The summed E-state index contributed by atoms with van der Waals surface area (Å²) in [6.45, 7) is 9.08. The van der Waals surface area contributed by atoms with E-state index in [1.54, 1.807) is 43.9 Å². The quantitative estimate of drug-likeness (QED) is 0.0269. The van der Waals surface area contributed by atoms with Gasteiger partial charge in [-0.1, -0.05) is 170 Å². The molecule has 0 spiro atoms. The highest BCUT2D eigenvalue weighted by Crippen LogP contribution is 2.42. The summed E-state index contributed by atoms with van der Waals surface area (Å²) in [5, 5.41) is 51.2. The van der Waals surface area contributed by atoms with Crippen LogP contribution in [0.15, 0.2) is 194 Å². The monoisotopic (exact) mass is 1840 g/mol. The van der Waals surface area contributed by atoms with E-state index in [9.17, 15) is 77.6 Å². The van der Waals surface area contributed by atoms with Crippen LogP contribution < -0.4 is 26.6 Å². The number of carbonyl (C=O) groups excluding carboxylic acids is 13. The lowest BCUT2D eigenvalue weighted by molar-refractivity contribution is -0.138. The van der Waals surface area contributed by atoms with Crippen LogP contribution in [0, 0.1) is 0 Å². The fourth-order valence-corrected chi connectivity index (χ4v) is 21.2. The van der Waals surface area contributed by atoms with Gasteiger partial charge >= 0.3 is 0 Å². The van der Waals surface area contributed by atoms with E-state index in [1.807, 2.05) is 103 Å². The van der Waals surface area contributed by atoms with Crippen molar-refractivity contribution in [3.05, 3.63) is 283 Å². The number of rotatable bonds is 19. The Labute approximate surface area is 785 Å². The largest absolute Gasteiger partial charge is 0.394 e. The number of carbonyl (C=O) groups is 13. The van der Waals surface area contributed by atoms with E-state index in [0.29, 0.717) is 103 Å². The minimum Gasteiger partial charge on any atom is -0.394 e. The van der Waals surface area contributed by atoms with Crippen LogP contribution in [0.3, 0.4) is 0 Å². The van der Waals surface area contributed by atoms with Crippen LogP contribution in [0.4, 0.5) is 0 Å². The molecule has 8 aromatic rings. The molecule has 0 bridgehead atoms. The Morgan fingerprint density at radius 2 is 0.545 bits per heavy atom. The number of aliphatic hydroxyl groups is 4. The van der Waals surface area contributed by atoms with E-state index in [4.69, 9.17) is 5.11 Å². The number of amides is 12. The van der Waals surface area contributed by atoms with E-state index in [0.717, 1.165) is 143 Å². The Balaban J connectivity index is 0.000000132. The third kappa shape index (κ3) is 21.9. The SMILES string of the molecule is Cl.O=C(CO)c1ccccc1.O=C1CCC(N2Cc3cc(C4CCN(C(CO)c5ccccc5)CC4)ccc3C2=O)C(=O)N1.O=C1CCC(N2Cc3cc(C4CCN([C@@H](CO)c5ccccc5)CC4)ccc3C2=O)C(=O)N1.O=C1CCC(N2Cc3cc(C4CCN([C@H](CO)c5ccccc5)CC4)ccc3C2=O)C(=O)N1.O=C1CCC(N2Cc3cc(C4CCNCC4)ccc3C2=O)C(=O)N1. The first-order chi connectivity index (χ1) is 64.6. The van der Waals surface area contributed by atoms with Gasteiger partial charge in [-0.05, 0) is 239 Å². The molecule has 7 atom stereocenters. The zero-order valence-corrected chi connectivity index (χ0v) is 75.9. The minimum absolute atomic E-state index is 0. The number of hydrogen-bond acceptors (Lipinski definition) is 21. The summed E-state index contributed by atoms with van der Waals surface area (Å²) in [5.74, 6) is -1.54. The molecule has 12 heterocycles. The smallest absolute Gasteiger partial charge is 0.255 e. The third-order valence-corrected chi connectivity index (χ3v) is 28.6. The number of likely N-dealkylation sites (tertiary alicyclic amines) is 3. The topological polar surface area (TPSA) is 386 Å². The van der Waals surface area contributed by atoms with Crippen molar-refractivity contribution < 1.29 is 82.8 Å². The Kier molecular flexibility index (Phi) is 31.9. The van der Waals surface area contributed by atoms with Gasteiger partial charge in [-0.15, -0.1) is 12.4 Å². The Morgan fingerprint density at radius 1 is 0.306 bits per heavy atom. The molecule has 0 aromatic heterocycles. The van der Waals surface area contributed by atoms with E-state index in [-0.39, 0.29) is 153 Å². The highest BCUT2D eigenvalue weighted by Gasteiger charge is 2.45. The Bertz CT molecular complexity index is 5240. The number of hydrogen-bond donors (Lipinski definition) is 9. The summed E-state index contributed by atoms with van der Waals surface area (Å²) in [7, 11) is 0. The van der Waals surface area contributed by atoms with Crippen LogP contribution in [-0.4, -0.2) is 234 Å². The van der Waals surface area contributed by atoms with Crippen LogP contribution >= 0.6 is 12.4 Å². The Hall–Kier alpha value is -12.2. The molecule has 0 radical (unpaired) electrons. The van der Waals surface area contributed by atoms with Crippen molar-refractivity contribution in [1.29, 1.82) is 0 Å². The van der Waals surface area contributed by atoms with Gasteiger partial charge in [-0.3, -0.25) is 98.3 Å². The van der Waals surface area contributed by atoms with Crippen molar-refractivity contribution in [1.82, 2.24) is 60.9 Å². The maximum Gasteiger partial charge on any atom is 0.255 e. The van der Waals surface area contributed by atoms with Crippen LogP contribution in [-0.2, 0) is 64.5 Å². The molecule has 8 aromatic carbocycles. The molecule has 0 saturated carbocycles. The van der Waals surface area contributed by atoms with Crippen LogP contribution in [0.5, 0.6) is 0 Å². The fraction of sp³-hybridized carbons (Fsp3) is 0.413. The molecule has 8 saturated heterocycles. The van der Waals surface area contributed by atoms with Crippen molar-refractivity contribution in [3.8, 4) is 0 Å². The number of benzene rings is 8. The lowest BCUT2D eigenvalue weighted by atomic mass is 9.87. The van der Waals surface area contributed by atoms with Crippen molar-refractivity contribution in [2.75, 3.05) is 78.8 Å². The summed E-state index contributed by atoms with van der Waals surface area (Å²) < 4.78 is 0. The molecule has 8 fully saturated rings. The first kappa shape index (κ1) is 96.4. The molecule has 702 valence electrons. The number of Topliss-reactive ketones (excluding diaryl/α,β-unsaturated/α-hetero) is 1. The molecule has 5 unspecified atom stereocenters. The third-order valence-electron chi connectivity index (χ3n) is 28.6. The molecule has 20 rings (SSSR count). The molecular formula is C104H117ClN12O17. The molecule has 29 nitrogen and oxygen atoms in total. The maximum absolute atomic E-state index is 12.9. The standard InChI is InChI=1S/3C26H29N3O4.C18H21N3O3.C8H8O2.ClH/c3*30-16-23(18-4-2-1-3-5-18)28-12-10-17(11-13-28)19-6-7-21-20(14-19)15-29(26(21)33)22-8-9-24(31)27-25(22)32;22-16-4-3-15(17(23)20-16)21-10-13-9-12(1-2-14(13)18(21)24)11-5-7-19-8-6-11;9-6-8(10)7-4-2-1-3-5-7;/h3*1-7,14,17,22-23,30H,8-13,15-16H2,(H,27,31,32);1-2,9,11,15,19H,3-8,10H2,(H,20,22,23);1-5,9H,6H2;1H/t2*22?,23-;;;;/m10..../s1. The molecule has 0 aliphatic carbocycles. The lowest BCUT2D eigenvalue weighted by Crippen LogP contribution is -2.52. The normalized spacial score (nSPS) is 22.1. The summed E-state index contributed by atoms with van der Waals surface area (Å²) in [5.41, 5.74) is 15.5. The zero-order valence-electron chi connectivity index (χ0n) is 75.1. The fourth-order valence-electron chi connectivity index (χ4n) is 21.2. The summed E-state index contributed by atoms with van der Waals surface area (Å²) >= 11 is 0. The van der Waals surface area contributed by atoms with Gasteiger partial charge in [-0.25, -0.2) is 0 Å². The predicted molar refractivity (Wildman–Crippen MR) is 499 cm³/mol. The van der Waals surface area contributed by atoms with E-state index >= 15 is 0 Å². The first-order valence-electron chi connectivity index (χ1n) is 46.8. The average Bonchev–Trinajstić information content (AvgIpc) is 1.55. The molecule has 134 heavy (non-hydrogen) atoms. The van der Waals surface area contributed by atoms with Gasteiger partial charge in [0, 0.05) is 79.7 Å². The van der Waals surface area contributed by atoms with Crippen LogP contribution in [0.1, 0.15) is 258 Å². The molecule has 12 amide bonds. The number of nitrogens with zero attached hydrogens (tertiary/aromatic N) is 7. The number of aliphatic hydroxyl groups excluding tert-OH is 4. The van der Waals surface area contributed by atoms with Crippen molar-refractivity contribution in [2.24, 2.45) is 0 Å². The molecule has 12 aliphatic rings. The van der Waals surface area contributed by atoms with Crippen LogP contribution in [0.25, 0.3) is 0 Å².